The van der Waals surface area contributed by atoms with E-state index in [-0.39, 0.29) is 56.3 Å². The molecule has 10 heteroatoms. The molecule has 0 saturated heterocycles. The van der Waals surface area contributed by atoms with Crippen molar-refractivity contribution in [3.8, 4) is 11.5 Å². The van der Waals surface area contributed by atoms with Crippen molar-refractivity contribution in [3.63, 3.8) is 0 Å². The van der Waals surface area contributed by atoms with Crippen LogP contribution in [0.5, 0.6) is 11.5 Å². The highest BCUT2D eigenvalue weighted by Crippen LogP contribution is 2.62. The number of aromatic hydroxyl groups is 1. The summed E-state index contributed by atoms with van der Waals surface area (Å²) in [6.07, 6.45) is 20.3. The molecule has 63 heavy (non-hydrogen) atoms. The first kappa shape index (κ1) is 48.1. The number of ether oxygens (including phenoxy) is 3. The lowest BCUT2D eigenvalue weighted by atomic mass is 9.55. The molecule has 1 aliphatic heterocycles. The molecule has 0 radical (unpaired) electrons. The van der Waals surface area contributed by atoms with E-state index in [0.29, 0.717) is 31.8 Å². The number of carbonyl (C=O) groups excluding carboxylic acids is 1. The van der Waals surface area contributed by atoms with Crippen LogP contribution in [0, 0.1) is 17.8 Å². The van der Waals surface area contributed by atoms with Gasteiger partial charge in [0.25, 0.3) is 0 Å². The van der Waals surface area contributed by atoms with Gasteiger partial charge in [-0.1, -0.05) is 137 Å². The van der Waals surface area contributed by atoms with E-state index in [9.17, 15) is 15.3 Å². The van der Waals surface area contributed by atoms with Gasteiger partial charge in [0.2, 0.25) is 5.79 Å². The van der Waals surface area contributed by atoms with E-state index in [1.807, 2.05) is 42.2 Å². The monoisotopic (exact) mass is 867 g/mol. The molecule has 0 spiro atoms. The number of hydrogen-bond acceptors (Lipinski definition) is 9. The zero-order valence-electron chi connectivity index (χ0n) is 38.1. The quantitative estimate of drug-likeness (QED) is 0.0392. The lowest BCUT2D eigenvalue weighted by Gasteiger charge is -2.59. The van der Waals surface area contributed by atoms with Gasteiger partial charge in [0.05, 0.1) is 31.4 Å². The van der Waals surface area contributed by atoms with Gasteiger partial charge in [-0.2, -0.15) is 0 Å². The number of rotatable bonds is 27. The van der Waals surface area contributed by atoms with E-state index in [0.717, 1.165) is 78.1 Å². The van der Waals surface area contributed by atoms with Crippen molar-refractivity contribution >= 4 is 22.6 Å². The van der Waals surface area contributed by atoms with Crippen molar-refractivity contribution < 1.29 is 39.2 Å². The first-order chi connectivity index (χ1) is 30.9. The number of hydrogen-bond donors (Lipinski definition) is 3. The van der Waals surface area contributed by atoms with Crippen LogP contribution in [0.2, 0.25) is 0 Å². The summed E-state index contributed by atoms with van der Waals surface area (Å²) in [5.74, 6) is -1.23. The summed E-state index contributed by atoms with van der Waals surface area (Å²) in [4.78, 5) is 22.8. The number of allylic oxidation sites excluding steroid dienone is 1. The molecule has 6 unspecified atom stereocenters. The number of carbonyl (C=O) groups is 1. The third-order valence-electron chi connectivity index (χ3n) is 13.5. The van der Waals surface area contributed by atoms with Crippen LogP contribution in [0.25, 0.3) is 10.8 Å². The van der Waals surface area contributed by atoms with Crippen LogP contribution < -0.4 is 4.74 Å². The molecule has 6 rings (SSSR count). The van der Waals surface area contributed by atoms with Gasteiger partial charge in [0.15, 0.2) is 0 Å². The third kappa shape index (κ3) is 11.9. The van der Waals surface area contributed by atoms with Gasteiger partial charge in [0.1, 0.15) is 24.1 Å². The van der Waals surface area contributed by atoms with E-state index in [4.69, 9.17) is 24.2 Å². The number of oxime groups is 1. The van der Waals surface area contributed by atoms with Crippen LogP contribution in [0.15, 0.2) is 90.1 Å². The maximum absolute atomic E-state index is 15.0. The second-order valence-corrected chi connectivity index (χ2v) is 17.8. The molecule has 3 aromatic carbocycles. The summed E-state index contributed by atoms with van der Waals surface area (Å²) >= 11 is 0. The molecule has 2 aliphatic carbocycles. The SMILES string of the molecule is C=CCOC12Oc3ccc(O)cc3C3C(CCCCO)C(CCCCO)C=C(C(=NOCC)CC1N(Cc1cccc4ccccc14)C(=O)OCCCCCCCCCCCC)C32. The van der Waals surface area contributed by atoms with E-state index in [2.05, 4.69) is 43.8 Å². The zero-order valence-corrected chi connectivity index (χ0v) is 38.1. The summed E-state index contributed by atoms with van der Waals surface area (Å²) in [5, 5.41) is 37.8. The second kappa shape index (κ2) is 24.6. The minimum atomic E-state index is -1.42. The Morgan fingerprint density at radius 3 is 2.33 bits per heavy atom. The largest absolute Gasteiger partial charge is 0.508 e. The number of phenols is 1. The Morgan fingerprint density at radius 1 is 0.889 bits per heavy atom. The average molecular weight is 867 g/mol. The van der Waals surface area contributed by atoms with E-state index < -0.39 is 23.8 Å². The van der Waals surface area contributed by atoms with Crippen molar-refractivity contribution in [2.75, 3.05) is 33.0 Å². The zero-order chi connectivity index (χ0) is 44.4. The Morgan fingerprint density at radius 2 is 1.60 bits per heavy atom. The fraction of sp³-hybridized carbons (Fsp3) is 0.585. The molecule has 3 N–H and O–H groups in total. The Kier molecular flexibility index (Phi) is 18.8. The summed E-state index contributed by atoms with van der Waals surface area (Å²) < 4.78 is 20.7. The molecule has 1 amide bonds. The first-order valence-corrected chi connectivity index (χ1v) is 24.2. The Hall–Kier alpha value is -4.38. The van der Waals surface area contributed by atoms with E-state index >= 15 is 4.79 Å². The Labute approximate surface area is 376 Å². The number of phenolic OH excluding ortho intramolecular Hbond substituents is 1. The fourth-order valence-electron chi connectivity index (χ4n) is 10.5. The molecule has 1 fully saturated rings. The van der Waals surface area contributed by atoms with Crippen molar-refractivity contribution in [1.82, 2.24) is 4.90 Å². The van der Waals surface area contributed by atoms with E-state index in [1.165, 1.54) is 44.9 Å². The molecule has 1 heterocycles. The summed E-state index contributed by atoms with van der Waals surface area (Å²) in [6, 6.07) is 19.0. The first-order valence-electron chi connectivity index (χ1n) is 24.2. The second-order valence-electron chi connectivity index (χ2n) is 17.8. The number of aliphatic hydroxyl groups is 2. The van der Waals surface area contributed by atoms with Gasteiger partial charge in [0, 0.05) is 31.1 Å². The molecule has 6 atom stereocenters. The third-order valence-corrected chi connectivity index (χ3v) is 13.5. The van der Waals surface area contributed by atoms with Crippen molar-refractivity contribution in [3.05, 3.63) is 96.1 Å². The van der Waals surface area contributed by atoms with Crippen LogP contribution in [0.3, 0.4) is 0 Å². The number of unbranched alkanes of at least 4 members (excludes halogenated alkanes) is 11. The number of nitrogens with zero attached hydrogens (tertiary/aromatic N) is 2. The molecule has 344 valence electrons. The highest BCUT2D eigenvalue weighted by Gasteiger charge is 2.65. The number of benzene rings is 3. The maximum atomic E-state index is 15.0. The topological polar surface area (TPSA) is 130 Å². The highest BCUT2D eigenvalue weighted by atomic mass is 16.7. The molecule has 3 aliphatic rings. The molecule has 3 aromatic rings. The predicted molar refractivity (Wildman–Crippen MR) is 251 cm³/mol. The molecular weight excluding hydrogens is 793 g/mol. The molecule has 0 bridgehead atoms. The van der Waals surface area contributed by atoms with Crippen LogP contribution in [-0.4, -0.2) is 76.9 Å². The number of fused-ring (bicyclic) bond motifs is 3. The van der Waals surface area contributed by atoms with Gasteiger partial charge < -0.3 is 34.4 Å². The molecule has 0 aromatic heterocycles. The molecular formula is C53H74N2O8. The Balaban J connectivity index is 1.44. The van der Waals surface area contributed by atoms with Gasteiger partial charge in [-0.15, -0.1) is 6.58 Å². The number of amides is 1. The minimum Gasteiger partial charge on any atom is -0.508 e. The van der Waals surface area contributed by atoms with Gasteiger partial charge >= 0.3 is 6.09 Å². The standard InChI is InChI=1S/C53H74N2O8/c1-4-7-8-9-10-11-12-13-14-21-34-60-52(59)55(38-41-26-22-25-39-23-15-16-27-43(39)41)49-37-47(54-62-6-3)45-35-40(24-17-19-31-56)44(28-18-20-32-57)50-46-36-42(58)29-30-48(46)63-53(49,51(45)50)61-33-5-2/h5,15-16,22-23,25-27,29-30,35-36,40,44,49-51,56-58H,2,4,6-14,17-21,24,28,31-34,37-38H2,1,3H3. The smallest absolute Gasteiger partial charge is 0.410 e. The summed E-state index contributed by atoms with van der Waals surface area (Å²) in [7, 11) is 0. The Bertz CT molecular complexity index is 1960. The van der Waals surface area contributed by atoms with E-state index in [1.54, 1.807) is 12.1 Å². The summed E-state index contributed by atoms with van der Waals surface area (Å²) in [5.41, 5.74) is 3.54. The van der Waals surface area contributed by atoms with Crippen molar-refractivity contribution in [2.45, 2.75) is 147 Å². The van der Waals surface area contributed by atoms with Crippen LogP contribution in [0.1, 0.15) is 140 Å². The van der Waals surface area contributed by atoms with Gasteiger partial charge in [-0.25, -0.2) is 4.79 Å². The van der Waals surface area contributed by atoms with Crippen LogP contribution >= 0.6 is 0 Å². The normalized spacial score (nSPS) is 23.1. The molecule has 1 saturated carbocycles. The van der Waals surface area contributed by atoms with Crippen molar-refractivity contribution in [1.29, 1.82) is 0 Å². The molecule has 10 nitrogen and oxygen atoms in total. The summed E-state index contributed by atoms with van der Waals surface area (Å²) in [6.45, 7) is 9.50. The van der Waals surface area contributed by atoms with Crippen LogP contribution in [0.4, 0.5) is 4.79 Å². The van der Waals surface area contributed by atoms with Gasteiger partial charge in [-0.3, -0.25) is 4.90 Å². The van der Waals surface area contributed by atoms with Crippen molar-refractivity contribution in [2.24, 2.45) is 22.9 Å². The lowest BCUT2D eigenvalue weighted by molar-refractivity contribution is -0.256. The van der Waals surface area contributed by atoms with Crippen LogP contribution in [-0.2, 0) is 20.9 Å². The fourth-order valence-corrected chi connectivity index (χ4v) is 10.5. The van der Waals surface area contributed by atoms with Gasteiger partial charge in [-0.05, 0) is 91.0 Å². The lowest BCUT2D eigenvalue weighted by Crippen LogP contribution is -2.70. The average Bonchev–Trinajstić information content (AvgIpc) is 3.30. The number of aliphatic hydroxyl groups excluding tert-OH is 2. The minimum absolute atomic E-state index is 0.0575. The predicted octanol–water partition coefficient (Wildman–Crippen LogP) is 11.8. The maximum Gasteiger partial charge on any atom is 0.410 e. The highest BCUT2D eigenvalue weighted by molar-refractivity contribution is 6.03.